The van der Waals surface area contributed by atoms with Crippen LogP contribution in [0.5, 0.6) is 0 Å². The van der Waals surface area contributed by atoms with Crippen LogP contribution in [0.3, 0.4) is 0 Å². The highest BCUT2D eigenvalue weighted by molar-refractivity contribution is 5.97. The summed E-state index contributed by atoms with van der Waals surface area (Å²) in [4.78, 5) is 32.7. The third-order valence-corrected chi connectivity index (χ3v) is 5.49. The SMILES string of the molecule is CC1OC(=O)Nc2ncnc(-c3cccc(C(N)=O)c3[C@@H](CN)Cc3cccc(F)c3)c21. The number of fused-ring (bicyclic) bond motifs is 1. The summed E-state index contributed by atoms with van der Waals surface area (Å²) in [5.74, 6) is -0.979. The number of nitrogens with one attached hydrogen (secondary N) is 1. The van der Waals surface area contributed by atoms with Crippen LogP contribution in [-0.4, -0.2) is 28.5 Å². The van der Waals surface area contributed by atoms with E-state index in [1.807, 2.05) is 6.07 Å². The van der Waals surface area contributed by atoms with Crippen LogP contribution in [0.15, 0.2) is 48.8 Å². The minimum absolute atomic E-state index is 0.184. The van der Waals surface area contributed by atoms with E-state index in [1.165, 1.54) is 18.5 Å². The third kappa shape index (κ3) is 4.02. The van der Waals surface area contributed by atoms with Crippen LogP contribution in [0.1, 0.15) is 46.0 Å². The highest BCUT2D eigenvalue weighted by Crippen LogP contribution is 2.40. The summed E-state index contributed by atoms with van der Waals surface area (Å²) in [5.41, 5.74) is 15.2. The van der Waals surface area contributed by atoms with Gasteiger partial charge in [0.05, 0.1) is 11.3 Å². The van der Waals surface area contributed by atoms with E-state index in [9.17, 15) is 14.0 Å². The van der Waals surface area contributed by atoms with E-state index < -0.39 is 18.1 Å². The lowest BCUT2D eigenvalue weighted by molar-refractivity contribution is 0.0998. The van der Waals surface area contributed by atoms with Crippen molar-refractivity contribution in [2.24, 2.45) is 11.5 Å². The molecule has 0 saturated carbocycles. The second-order valence-corrected chi connectivity index (χ2v) is 7.55. The molecule has 5 N–H and O–H groups in total. The summed E-state index contributed by atoms with van der Waals surface area (Å²) in [5, 5.41) is 2.58. The summed E-state index contributed by atoms with van der Waals surface area (Å²) in [6.07, 6.45) is 0.505. The Morgan fingerprint density at radius 3 is 2.75 bits per heavy atom. The molecule has 2 amide bonds. The van der Waals surface area contributed by atoms with Gasteiger partial charge in [-0.3, -0.25) is 10.1 Å². The molecule has 9 heteroatoms. The number of ether oxygens (including phenoxy) is 1. The van der Waals surface area contributed by atoms with Gasteiger partial charge >= 0.3 is 6.09 Å². The standard InChI is InChI=1S/C23H22FN5O3/c1-12-18-20(27-11-28-22(18)29-23(31)32-12)16-6-3-7-17(21(26)30)19(16)14(10-25)8-13-4-2-5-15(24)9-13/h2-7,9,11-12,14H,8,10,25H2,1H3,(H2,26,30)(H,27,28,29,31)/t12?,14-/m1/s1. The summed E-state index contributed by atoms with van der Waals surface area (Å²) in [7, 11) is 0. The Labute approximate surface area is 183 Å². The molecule has 164 valence electrons. The zero-order valence-corrected chi connectivity index (χ0v) is 17.3. The molecule has 4 rings (SSSR count). The topological polar surface area (TPSA) is 133 Å². The molecule has 2 aromatic carbocycles. The number of anilines is 1. The van der Waals surface area contributed by atoms with Gasteiger partial charge in [-0.25, -0.2) is 19.2 Å². The molecule has 1 aliphatic rings. The van der Waals surface area contributed by atoms with E-state index >= 15 is 0 Å². The van der Waals surface area contributed by atoms with Crippen molar-refractivity contribution >= 4 is 17.8 Å². The maximum absolute atomic E-state index is 13.8. The fourth-order valence-corrected chi connectivity index (χ4v) is 4.12. The molecule has 0 bridgehead atoms. The van der Waals surface area contributed by atoms with E-state index in [0.29, 0.717) is 40.2 Å². The van der Waals surface area contributed by atoms with Crippen LogP contribution in [0.25, 0.3) is 11.3 Å². The van der Waals surface area contributed by atoms with Gasteiger partial charge < -0.3 is 16.2 Å². The molecule has 0 aliphatic carbocycles. The number of nitrogens with zero attached hydrogens (tertiary/aromatic N) is 2. The van der Waals surface area contributed by atoms with Crippen LogP contribution < -0.4 is 16.8 Å². The van der Waals surface area contributed by atoms with Gasteiger partial charge in [0.2, 0.25) is 5.91 Å². The number of aromatic nitrogens is 2. The van der Waals surface area contributed by atoms with E-state index in [0.717, 1.165) is 5.56 Å². The number of nitrogens with two attached hydrogens (primary N) is 2. The molecular weight excluding hydrogens is 413 g/mol. The van der Waals surface area contributed by atoms with Crippen molar-refractivity contribution < 1.29 is 18.7 Å². The highest BCUT2D eigenvalue weighted by atomic mass is 19.1. The Morgan fingerprint density at radius 2 is 2.03 bits per heavy atom. The number of carbonyl (C=O) groups excluding carboxylic acids is 2. The lowest BCUT2D eigenvalue weighted by atomic mass is 9.83. The Hall–Kier alpha value is -3.85. The van der Waals surface area contributed by atoms with Crippen molar-refractivity contribution in [3.8, 4) is 11.3 Å². The quantitative estimate of drug-likeness (QED) is 0.544. The van der Waals surface area contributed by atoms with E-state index in [2.05, 4.69) is 15.3 Å². The van der Waals surface area contributed by atoms with Gasteiger partial charge in [0.1, 0.15) is 24.1 Å². The molecule has 1 aliphatic heterocycles. The number of hydrogen-bond donors (Lipinski definition) is 3. The van der Waals surface area contributed by atoms with Crippen molar-refractivity contribution in [3.05, 3.63) is 76.9 Å². The number of amides is 2. The Bertz CT molecular complexity index is 1200. The van der Waals surface area contributed by atoms with Gasteiger partial charge in [0.25, 0.3) is 0 Å². The molecule has 0 fully saturated rings. The molecule has 3 aromatic rings. The number of rotatable bonds is 6. The minimum Gasteiger partial charge on any atom is -0.441 e. The predicted octanol–water partition coefficient (Wildman–Crippen LogP) is 3.29. The zero-order valence-electron chi connectivity index (χ0n) is 17.3. The third-order valence-electron chi connectivity index (χ3n) is 5.49. The normalized spacial score (nSPS) is 16.0. The average Bonchev–Trinajstić information content (AvgIpc) is 2.76. The van der Waals surface area contributed by atoms with Crippen LogP contribution in [0, 0.1) is 5.82 Å². The van der Waals surface area contributed by atoms with Crippen molar-refractivity contribution in [3.63, 3.8) is 0 Å². The second-order valence-electron chi connectivity index (χ2n) is 7.55. The molecule has 1 unspecified atom stereocenters. The number of halogens is 1. The molecule has 0 saturated heterocycles. The summed E-state index contributed by atoms with van der Waals surface area (Å²) in [6.45, 7) is 1.90. The van der Waals surface area contributed by atoms with Crippen LogP contribution in [0.2, 0.25) is 0 Å². The lowest BCUT2D eigenvalue weighted by Gasteiger charge is -2.27. The van der Waals surface area contributed by atoms with Gasteiger partial charge in [0.15, 0.2) is 0 Å². The fraction of sp³-hybridized carbons (Fsp3) is 0.217. The first kappa shape index (κ1) is 21.4. The highest BCUT2D eigenvalue weighted by Gasteiger charge is 2.31. The van der Waals surface area contributed by atoms with Crippen molar-refractivity contribution in [1.82, 2.24) is 9.97 Å². The number of hydrogen-bond acceptors (Lipinski definition) is 6. The van der Waals surface area contributed by atoms with Crippen molar-refractivity contribution in [1.29, 1.82) is 0 Å². The Balaban J connectivity index is 1.90. The van der Waals surface area contributed by atoms with E-state index in [4.69, 9.17) is 16.2 Å². The summed E-state index contributed by atoms with van der Waals surface area (Å²) < 4.78 is 19.1. The molecule has 2 atom stereocenters. The first-order valence-corrected chi connectivity index (χ1v) is 10.1. The van der Waals surface area contributed by atoms with Crippen LogP contribution >= 0.6 is 0 Å². The van der Waals surface area contributed by atoms with Crippen LogP contribution in [-0.2, 0) is 11.2 Å². The van der Waals surface area contributed by atoms with E-state index in [1.54, 1.807) is 31.2 Å². The first-order chi connectivity index (χ1) is 15.4. The zero-order chi connectivity index (χ0) is 22.8. The maximum Gasteiger partial charge on any atom is 0.413 e. The molecule has 0 radical (unpaired) electrons. The smallest absolute Gasteiger partial charge is 0.413 e. The molecule has 2 heterocycles. The maximum atomic E-state index is 13.8. The molecule has 1 aromatic heterocycles. The van der Waals surface area contributed by atoms with Gasteiger partial charge in [-0.05, 0) is 49.2 Å². The fourth-order valence-electron chi connectivity index (χ4n) is 4.12. The van der Waals surface area contributed by atoms with Gasteiger partial charge in [-0.1, -0.05) is 24.3 Å². The van der Waals surface area contributed by atoms with Crippen molar-refractivity contribution in [2.75, 3.05) is 11.9 Å². The molecule has 8 nitrogen and oxygen atoms in total. The largest absolute Gasteiger partial charge is 0.441 e. The monoisotopic (exact) mass is 435 g/mol. The minimum atomic E-state index is -0.612. The Kier molecular flexibility index (Phi) is 5.83. The first-order valence-electron chi connectivity index (χ1n) is 10.1. The molecular formula is C23H22FN5O3. The number of cyclic esters (lactones) is 1. The molecule has 0 spiro atoms. The van der Waals surface area contributed by atoms with Gasteiger partial charge in [-0.2, -0.15) is 0 Å². The number of primary amides is 1. The second kappa shape index (κ2) is 8.72. The average molecular weight is 435 g/mol. The number of benzene rings is 2. The lowest BCUT2D eigenvalue weighted by Crippen LogP contribution is -2.26. The van der Waals surface area contributed by atoms with Crippen molar-refractivity contribution in [2.45, 2.75) is 25.4 Å². The van der Waals surface area contributed by atoms with E-state index in [-0.39, 0.29) is 18.3 Å². The molecule has 32 heavy (non-hydrogen) atoms. The summed E-state index contributed by atoms with van der Waals surface area (Å²) >= 11 is 0. The Morgan fingerprint density at radius 1 is 1.25 bits per heavy atom. The number of carbonyl (C=O) groups is 2. The van der Waals surface area contributed by atoms with Gasteiger partial charge in [0, 0.05) is 17.0 Å². The van der Waals surface area contributed by atoms with Gasteiger partial charge in [-0.15, -0.1) is 0 Å². The predicted molar refractivity (Wildman–Crippen MR) is 116 cm³/mol. The van der Waals surface area contributed by atoms with Crippen LogP contribution in [0.4, 0.5) is 15.0 Å². The summed E-state index contributed by atoms with van der Waals surface area (Å²) in [6, 6.07) is 11.4.